The van der Waals surface area contributed by atoms with Crippen molar-refractivity contribution in [1.29, 1.82) is 0 Å². The van der Waals surface area contributed by atoms with Gasteiger partial charge >= 0.3 is 0 Å². The lowest BCUT2D eigenvalue weighted by atomic mass is 9.92. The lowest BCUT2D eigenvalue weighted by molar-refractivity contribution is -0.116. The maximum absolute atomic E-state index is 11.9. The largest absolute Gasteiger partial charge is 0.356 e. The Morgan fingerprint density at radius 3 is 2.70 bits per heavy atom. The summed E-state index contributed by atoms with van der Waals surface area (Å²) >= 11 is 0. The van der Waals surface area contributed by atoms with Gasteiger partial charge in [0.15, 0.2) is 0 Å². The molecule has 0 bridgehead atoms. The first kappa shape index (κ1) is 22.3. The van der Waals surface area contributed by atoms with E-state index in [4.69, 9.17) is 4.98 Å². The molecule has 4 heterocycles. The highest BCUT2D eigenvalue weighted by molar-refractivity contribution is 5.94. The van der Waals surface area contributed by atoms with Gasteiger partial charge in [0.25, 0.3) is 0 Å². The number of fused-ring (bicyclic) bond motifs is 1. The number of anilines is 2. The van der Waals surface area contributed by atoms with Gasteiger partial charge < -0.3 is 20.1 Å². The first-order valence-electron chi connectivity index (χ1n) is 12.8. The first-order chi connectivity index (χ1) is 16.1. The summed E-state index contributed by atoms with van der Waals surface area (Å²) in [5.41, 5.74) is 2.28. The molecule has 1 saturated heterocycles. The van der Waals surface area contributed by atoms with Crippen LogP contribution >= 0.6 is 0 Å². The van der Waals surface area contributed by atoms with Crippen LogP contribution in [0.5, 0.6) is 0 Å². The second kappa shape index (κ2) is 9.79. The Balaban J connectivity index is 1.26. The molecule has 2 fully saturated rings. The van der Waals surface area contributed by atoms with Crippen molar-refractivity contribution in [1.82, 2.24) is 24.8 Å². The predicted octanol–water partition coefficient (Wildman–Crippen LogP) is 3.60. The van der Waals surface area contributed by atoms with E-state index in [-0.39, 0.29) is 11.8 Å². The molecule has 1 aliphatic carbocycles. The zero-order valence-corrected chi connectivity index (χ0v) is 20.0. The Bertz CT molecular complexity index is 973. The van der Waals surface area contributed by atoms with E-state index in [1.54, 1.807) is 6.33 Å². The molecule has 0 aromatic carbocycles. The molecule has 0 spiro atoms. The van der Waals surface area contributed by atoms with Gasteiger partial charge in [0.05, 0.1) is 5.69 Å². The smallest absolute Gasteiger partial charge is 0.226 e. The van der Waals surface area contributed by atoms with Crippen LogP contribution in [0.2, 0.25) is 0 Å². The summed E-state index contributed by atoms with van der Waals surface area (Å²) in [6.07, 6.45) is 12.8. The van der Waals surface area contributed by atoms with Crippen molar-refractivity contribution in [2.75, 3.05) is 29.9 Å². The van der Waals surface area contributed by atoms with E-state index in [0.717, 1.165) is 56.8 Å². The van der Waals surface area contributed by atoms with Crippen LogP contribution in [0.15, 0.2) is 12.5 Å². The van der Waals surface area contributed by atoms with Crippen LogP contribution < -0.4 is 15.5 Å². The zero-order valence-electron chi connectivity index (χ0n) is 20.0. The number of nitrogens with one attached hydrogen (secondary N) is 2. The predicted molar refractivity (Wildman–Crippen MR) is 130 cm³/mol. The highest BCUT2D eigenvalue weighted by Gasteiger charge is 2.31. The summed E-state index contributed by atoms with van der Waals surface area (Å²) in [4.78, 5) is 28.3. The second-order valence-corrected chi connectivity index (χ2v) is 9.95. The molecule has 8 nitrogen and oxygen atoms in total. The van der Waals surface area contributed by atoms with Gasteiger partial charge in [-0.25, -0.2) is 15.0 Å². The zero-order chi connectivity index (χ0) is 22.8. The standard InChI is InChI=1S/C25H37N7O/c1-3-19-15-32(13-10-26-20-6-4-5-7-20)24(29-19)18-8-11-31(12-9-18)25-22-17(2)14-21(33)30-23(22)27-16-28-25/h15-18,20,26H,3-14H2,1-2H3,(H,27,28,30,33)/t17-/m1/s1. The summed E-state index contributed by atoms with van der Waals surface area (Å²) in [6.45, 7) is 8.20. The van der Waals surface area contributed by atoms with Crippen LogP contribution in [0, 0.1) is 0 Å². The molecule has 33 heavy (non-hydrogen) atoms. The molecule has 2 N–H and O–H groups in total. The van der Waals surface area contributed by atoms with E-state index in [1.807, 2.05) is 0 Å². The van der Waals surface area contributed by atoms with Crippen LogP contribution in [0.1, 0.15) is 87.7 Å². The Kier molecular flexibility index (Phi) is 6.62. The van der Waals surface area contributed by atoms with Crippen LogP contribution in [-0.4, -0.2) is 51.1 Å². The number of carbonyl (C=O) groups is 1. The topological polar surface area (TPSA) is 88.0 Å². The quantitative estimate of drug-likeness (QED) is 0.669. The molecule has 5 rings (SSSR count). The van der Waals surface area contributed by atoms with Crippen molar-refractivity contribution < 1.29 is 4.79 Å². The molecule has 3 aliphatic rings. The third kappa shape index (κ3) is 4.76. The number of amides is 1. The van der Waals surface area contributed by atoms with Gasteiger partial charge in [0.1, 0.15) is 23.8 Å². The number of piperidine rings is 1. The van der Waals surface area contributed by atoms with Crippen molar-refractivity contribution in [3.8, 4) is 0 Å². The normalized spacial score (nSPS) is 21.9. The summed E-state index contributed by atoms with van der Waals surface area (Å²) in [5, 5.41) is 6.68. The van der Waals surface area contributed by atoms with Gasteiger partial charge in [0, 0.05) is 56.3 Å². The fourth-order valence-corrected chi connectivity index (χ4v) is 5.78. The van der Waals surface area contributed by atoms with Crippen molar-refractivity contribution in [3.63, 3.8) is 0 Å². The number of imidazole rings is 1. The number of aromatic nitrogens is 4. The van der Waals surface area contributed by atoms with Gasteiger partial charge in [-0.05, 0) is 38.0 Å². The second-order valence-electron chi connectivity index (χ2n) is 9.95. The molecule has 1 saturated carbocycles. The minimum Gasteiger partial charge on any atom is -0.356 e. The molecule has 2 aromatic rings. The van der Waals surface area contributed by atoms with Crippen molar-refractivity contribution in [2.24, 2.45) is 0 Å². The summed E-state index contributed by atoms with van der Waals surface area (Å²) in [7, 11) is 0. The van der Waals surface area contributed by atoms with Crippen molar-refractivity contribution >= 4 is 17.5 Å². The number of hydrogen-bond donors (Lipinski definition) is 2. The van der Waals surface area contributed by atoms with E-state index in [0.29, 0.717) is 24.2 Å². The van der Waals surface area contributed by atoms with Crippen LogP contribution in [-0.2, 0) is 17.8 Å². The number of aryl methyl sites for hydroxylation is 1. The molecule has 2 aliphatic heterocycles. The molecular formula is C25H37N7O. The maximum atomic E-state index is 11.9. The number of rotatable bonds is 7. The first-order valence-corrected chi connectivity index (χ1v) is 12.8. The minimum absolute atomic E-state index is 0.0411. The molecule has 1 amide bonds. The molecule has 0 radical (unpaired) electrons. The molecular weight excluding hydrogens is 414 g/mol. The van der Waals surface area contributed by atoms with Gasteiger partial charge in [-0.3, -0.25) is 4.79 Å². The van der Waals surface area contributed by atoms with Crippen molar-refractivity contribution in [3.05, 3.63) is 29.6 Å². The third-order valence-corrected chi connectivity index (χ3v) is 7.63. The monoisotopic (exact) mass is 451 g/mol. The van der Waals surface area contributed by atoms with Gasteiger partial charge in [0.2, 0.25) is 5.91 Å². The minimum atomic E-state index is 0.0411. The summed E-state index contributed by atoms with van der Waals surface area (Å²) in [6, 6.07) is 0.705. The fourth-order valence-electron chi connectivity index (χ4n) is 5.78. The van der Waals surface area contributed by atoms with Crippen molar-refractivity contribution in [2.45, 2.75) is 89.6 Å². The Morgan fingerprint density at radius 1 is 1.15 bits per heavy atom. The fraction of sp³-hybridized carbons (Fsp3) is 0.680. The third-order valence-electron chi connectivity index (χ3n) is 7.63. The van der Waals surface area contributed by atoms with Gasteiger partial charge in [-0.1, -0.05) is 26.7 Å². The molecule has 8 heteroatoms. The highest BCUT2D eigenvalue weighted by atomic mass is 16.1. The van der Waals surface area contributed by atoms with E-state index >= 15 is 0 Å². The van der Waals surface area contributed by atoms with E-state index < -0.39 is 0 Å². The Morgan fingerprint density at radius 2 is 1.94 bits per heavy atom. The number of carbonyl (C=O) groups excluding carboxylic acids is 1. The summed E-state index contributed by atoms with van der Waals surface area (Å²) in [5.74, 6) is 3.58. The lowest BCUT2D eigenvalue weighted by Crippen LogP contribution is -2.36. The summed E-state index contributed by atoms with van der Waals surface area (Å²) < 4.78 is 2.41. The maximum Gasteiger partial charge on any atom is 0.226 e. The van der Waals surface area contributed by atoms with Crippen LogP contribution in [0.4, 0.5) is 11.6 Å². The van der Waals surface area contributed by atoms with Crippen LogP contribution in [0.3, 0.4) is 0 Å². The van der Waals surface area contributed by atoms with Gasteiger partial charge in [-0.15, -0.1) is 0 Å². The average Bonchev–Trinajstić information content (AvgIpc) is 3.49. The van der Waals surface area contributed by atoms with E-state index in [1.165, 1.54) is 37.2 Å². The Hall–Kier alpha value is -2.48. The number of nitrogens with zero attached hydrogens (tertiary/aromatic N) is 5. The van der Waals surface area contributed by atoms with E-state index in [2.05, 4.69) is 50.1 Å². The average molecular weight is 452 g/mol. The molecule has 178 valence electrons. The molecule has 0 unspecified atom stereocenters. The SMILES string of the molecule is CCc1cn(CCNC2CCCC2)c(C2CCN(c3ncnc4c3[C@H](C)CC(=O)N4)CC2)n1. The molecule has 2 aromatic heterocycles. The van der Waals surface area contributed by atoms with Crippen LogP contribution in [0.25, 0.3) is 0 Å². The molecule has 1 atom stereocenters. The van der Waals surface area contributed by atoms with E-state index in [9.17, 15) is 4.79 Å². The number of hydrogen-bond acceptors (Lipinski definition) is 6. The Labute approximate surface area is 196 Å². The van der Waals surface area contributed by atoms with Gasteiger partial charge in [-0.2, -0.15) is 0 Å². The lowest BCUT2D eigenvalue weighted by Gasteiger charge is -2.35. The highest BCUT2D eigenvalue weighted by Crippen LogP contribution is 2.38.